The summed E-state index contributed by atoms with van der Waals surface area (Å²) in [5.74, 6) is 1.08. The van der Waals surface area contributed by atoms with Crippen LogP contribution in [0.3, 0.4) is 0 Å². The fourth-order valence-corrected chi connectivity index (χ4v) is 2.44. The molecular weight excluding hydrogens is 182 g/mol. The van der Waals surface area contributed by atoms with Crippen molar-refractivity contribution in [2.45, 2.75) is 11.8 Å². The Morgan fingerprint density at radius 3 is 2.77 bits per heavy atom. The number of hydrogen-bond donors (Lipinski definition) is 1. The van der Waals surface area contributed by atoms with Gasteiger partial charge in [0.2, 0.25) is 5.91 Å². The molecular formula is C10H11NOS. The smallest absolute Gasteiger partial charge is 0.221 e. The van der Waals surface area contributed by atoms with Crippen LogP contribution < -0.4 is 5.32 Å². The molecule has 1 aliphatic heterocycles. The molecule has 3 heteroatoms. The Labute approximate surface area is 81.7 Å². The monoisotopic (exact) mass is 193 g/mol. The van der Waals surface area contributed by atoms with Crippen LogP contribution in [0.1, 0.15) is 17.4 Å². The summed E-state index contributed by atoms with van der Waals surface area (Å²) in [6, 6.07) is 10.1. The first kappa shape index (κ1) is 8.63. The molecule has 2 nitrogen and oxygen atoms in total. The van der Waals surface area contributed by atoms with E-state index < -0.39 is 0 Å². The van der Waals surface area contributed by atoms with Gasteiger partial charge in [0.25, 0.3) is 0 Å². The minimum absolute atomic E-state index is 0.155. The van der Waals surface area contributed by atoms with E-state index in [2.05, 4.69) is 5.32 Å². The summed E-state index contributed by atoms with van der Waals surface area (Å²) in [5, 5.41) is 3.11. The number of rotatable bonds is 1. The van der Waals surface area contributed by atoms with Crippen molar-refractivity contribution in [2.75, 3.05) is 5.75 Å². The molecule has 13 heavy (non-hydrogen) atoms. The molecule has 0 aliphatic carbocycles. The Kier molecular flexibility index (Phi) is 2.54. The maximum absolute atomic E-state index is 11.1. The molecule has 1 fully saturated rings. The molecule has 1 heterocycles. The SMILES string of the molecule is O=C1CCSC(c2ccccc2)N1. The number of carbonyl (C=O) groups excluding carboxylic acids is 1. The van der Waals surface area contributed by atoms with Gasteiger partial charge in [0.1, 0.15) is 5.37 Å². The van der Waals surface area contributed by atoms with Gasteiger partial charge in [-0.3, -0.25) is 4.79 Å². The fourth-order valence-electron chi connectivity index (χ4n) is 1.34. The molecule has 2 rings (SSSR count). The van der Waals surface area contributed by atoms with E-state index >= 15 is 0 Å². The van der Waals surface area contributed by atoms with Crippen molar-refractivity contribution in [1.29, 1.82) is 0 Å². The summed E-state index contributed by atoms with van der Waals surface area (Å²) < 4.78 is 0. The minimum Gasteiger partial charge on any atom is -0.340 e. The van der Waals surface area contributed by atoms with E-state index in [1.165, 1.54) is 5.56 Å². The average molecular weight is 193 g/mol. The quantitative estimate of drug-likeness (QED) is 0.738. The molecule has 1 unspecified atom stereocenters. The van der Waals surface area contributed by atoms with E-state index in [-0.39, 0.29) is 11.3 Å². The molecule has 1 aliphatic rings. The summed E-state index contributed by atoms with van der Waals surface area (Å²) in [4.78, 5) is 11.1. The number of thioether (sulfide) groups is 1. The van der Waals surface area contributed by atoms with Gasteiger partial charge in [0.05, 0.1) is 0 Å². The highest BCUT2D eigenvalue weighted by Crippen LogP contribution is 2.29. The second-order valence-corrected chi connectivity index (χ2v) is 4.19. The van der Waals surface area contributed by atoms with Crippen molar-refractivity contribution in [3.05, 3.63) is 35.9 Å². The molecule has 0 saturated carbocycles. The number of amides is 1. The first-order chi connectivity index (χ1) is 6.36. The highest BCUT2D eigenvalue weighted by atomic mass is 32.2. The van der Waals surface area contributed by atoms with Gasteiger partial charge < -0.3 is 5.32 Å². The van der Waals surface area contributed by atoms with Crippen LogP contribution in [0.5, 0.6) is 0 Å². The van der Waals surface area contributed by atoms with Crippen LogP contribution in [0.2, 0.25) is 0 Å². The van der Waals surface area contributed by atoms with Crippen molar-refractivity contribution in [1.82, 2.24) is 5.32 Å². The largest absolute Gasteiger partial charge is 0.340 e. The second-order valence-electron chi connectivity index (χ2n) is 2.98. The van der Waals surface area contributed by atoms with Crippen molar-refractivity contribution in [3.8, 4) is 0 Å². The van der Waals surface area contributed by atoms with Crippen LogP contribution in [0, 0.1) is 0 Å². The van der Waals surface area contributed by atoms with Crippen LogP contribution in [-0.2, 0) is 4.79 Å². The van der Waals surface area contributed by atoms with E-state index in [0.717, 1.165) is 5.75 Å². The zero-order valence-electron chi connectivity index (χ0n) is 7.19. The first-order valence-corrected chi connectivity index (χ1v) is 5.37. The van der Waals surface area contributed by atoms with E-state index in [9.17, 15) is 4.79 Å². The highest BCUT2D eigenvalue weighted by Gasteiger charge is 2.19. The number of carbonyl (C=O) groups is 1. The Bertz CT molecular complexity index is 299. The van der Waals surface area contributed by atoms with Gasteiger partial charge in [-0.1, -0.05) is 30.3 Å². The summed E-state index contributed by atoms with van der Waals surface area (Å²) in [7, 11) is 0. The van der Waals surface area contributed by atoms with E-state index in [0.29, 0.717) is 6.42 Å². The Balaban J connectivity index is 2.13. The Morgan fingerprint density at radius 1 is 1.31 bits per heavy atom. The normalized spacial score (nSPS) is 22.5. The van der Waals surface area contributed by atoms with Crippen molar-refractivity contribution < 1.29 is 4.79 Å². The van der Waals surface area contributed by atoms with Crippen molar-refractivity contribution >= 4 is 17.7 Å². The molecule has 0 radical (unpaired) electrons. The number of benzene rings is 1. The van der Waals surface area contributed by atoms with Gasteiger partial charge in [-0.05, 0) is 5.56 Å². The van der Waals surface area contributed by atoms with Crippen LogP contribution in [0.25, 0.3) is 0 Å². The van der Waals surface area contributed by atoms with Crippen LogP contribution >= 0.6 is 11.8 Å². The van der Waals surface area contributed by atoms with Crippen molar-refractivity contribution in [3.63, 3.8) is 0 Å². The Hall–Kier alpha value is -0.960. The number of hydrogen-bond acceptors (Lipinski definition) is 2. The third-order valence-electron chi connectivity index (χ3n) is 2.01. The van der Waals surface area contributed by atoms with Gasteiger partial charge in [-0.25, -0.2) is 0 Å². The zero-order chi connectivity index (χ0) is 9.10. The van der Waals surface area contributed by atoms with Gasteiger partial charge in [-0.2, -0.15) is 0 Å². The molecule has 1 saturated heterocycles. The topological polar surface area (TPSA) is 29.1 Å². The molecule has 0 spiro atoms. The van der Waals surface area contributed by atoms with Gasteiger partial charge in [0.15, 0.2) is 0 Å². The van der Waals surface area contributed by atoms with Crippen LogP contribution in [0.4, 0.5) is 0 Å². The fraction of sp³-hybridized carbons (Fsp3) is 0.300. The molecule has 1 N–H and O–H groups in total. The summed E-state index contributed by atoms with van der Waals surface area (Å²) >= 11 is 1.79. The van der Waals surface area contributed by atoms with Gasteiger partial charge >= 0.3 is 0 Å². The van der Waals surface area contributed by atoms with Crippen LogP contribution in [-0.4, -0.2) is 11.7 Å². The van der Waals surface area contributed by atoms with Crippen LogP contribution in [0.15, 0.2) is 30.3 Å². The van der Waals surface area contributed by atoms with Gasteiger partial charge in [-0.15, -0.1) is 11.8 Å². The Morgan fingerprint density at radius 2 is 2.08 bits per heavy atom. The maximum Gasteiger partial charge on any atom is 0.221 e. The molecule has 1 aromatic carbocycles. The molecule has 0 aromatic heterocycles. The third-order valence-corrected chi connectivity index (χ3v) is 3.17. The van der Waals surface area contributed by atoms with Gasteiger partial charge in [0, 0.05) is 12.2 Å². The predicted molar refractivity (Wildman–Crippen MR) is 54.4 cm³/mol. The van der Waals surface area contributed by atoms with E-state index in [1.54, 1.807) is 11.8 Å². The molecule has 68 valence electrons. The second kappa shape index (κ2) is 3.83. The minimum atomic E-state index is 0.155. The zero-order valence-corrected chi connectivity index (χ0v) is 8.01. The molecule has 0 bridgehead atoms. The highest BCUT2D eigenvalue weighted by molar-refractivity contribution is 7.99. The van der Waals surface area contributed by atoms with Crippen molar-refractivity contribution in [2.24, 2.45) is 0 Å². The molecule has 1 amide bonds. The third kappa shape index (κ3) is 2.04. The molecule has 1 atom stereocenters. The predicted octanol–water partition coefficient (Wildman–Crippen LogP) is 1.94. The van der Waals surface area contributed by atoms with E-state index in [4.69, 9.17) is 0 Å². The maximum atomic E-state index is 11.1. The lowest BCUT2D eigenvalue weighted by Gasteiger charge is -2.22. The summed E-state index contributed by atoms with van der Waals surface area (Å²) in [6.07, 6.45) is 0.647. The standard InChI is InChI=1S/C10H11NOS/c12-9-6-7-13-10(11-9)8-4-2-1-3-5-8/h1-5,10H,6-7H2,(H,11,12). The average Bonchev–Trinajstić information content (AvgIpc) is 2.19. The summed E-state index contributed by atoms with van der Waals surface area (Å²) in [5.41, 5.74) is 1.18. The lowest BCUT2D eigenvalue weighted by Crippen LogP contribution is -2.31. The lowest BCUT2D eigenvalue weighted by atomic mass is 10.2. The summed E-state index contributed by atoms with van der Waals surface area (Å²) in [6.45, 7) is 0. The number of nitrogens with one attached hydrogen (secondary N) is 1. The van der Waals surface area contributed by atoms with E-state index in [1.807, 2.05) is 30.3 Å². The molecule has 1 aromatic rings. The first-order valence-electron chi connectivity index (χ1n) is 4.32. The lowest BCUT2D eigenvalue weighted by molar-refractivity contribution is -0.121.